The highest BCUT2D eigenvalue weighted by Gasteiger charge is 2.35. The van der Waals surface area contributed by atoms with E-state index < -0.39 is 0 Å². The zero-order chi connectivity index (χ0) is 18.8. The van der Waals surface area contributed by atoms with E-state index in [1.807, 2.05) is 0 Å². The summed E-state index contributed by atoms with van der Waals surface area (Å²) in [4.78, 5) is 32.2. The van der Waals surface area contributed by atoms with E-state index in [2.05, 4.69) is 4.98 Å². The second-order valence-electron chi connectivity index (χ2n) is 7.10. The first-order valence-corrected chi connectivity index (χ1v) is 9.37. The Bertz CT molecular complexity index is 851. The highest BCUT2D eigenvalue weighted by molar-refractivity contribution is 5.86. The van der Waals surface area contributed by atoms with Crippen LogP contribution in [0, 0.1) is 5.82 Å². The molecular weight excluding hydrogens is 349 g/mol. The molecule has 2 saturated heterocycles. The standard InChI is InChI=1S/C20H22FN3O3/c21-16-6-2-1-5-14(16)11-15-12-22-20(27-15)17-7-3-10-24(17)19(26)13-23-9-4-8-18(23)25/h1-2,5-6,12,17H,3-4,7-11,13H2/t17-/m1/s1. The molecule has 1 aromatic heterocycles. The fourth-order valence-corrected chi connectivity index (χ4v) is 3.84. The van der Waals surface area contributed by atoms with Crippen molar-refractivity contribution in [1.29, 1.82) is 0 Å². The smallest absolute Gasteiger partial charge is 0.242 e. The maximum absolute atomic E-state index is 13.8. The SMILES string of the molecule is O=C1CCCN1CC(=O)N1CCC[C@@H]1c1ncc(Cc2ccccc2F)o1. The van der Waals surface area contributed by atoms with Crippen molar-refractivity contribution in [2.75, 3.05) is 19.6 Å². The van der Waals surface area contributed by atoms with E-state index in [1.54, 1.807) is 34.2 Å². The average molecular weight is 371 g/mol. The minimum atomic E-state index is -0.275. The Kier molecular flexibility index (Phi) is 4.92. The van der Waals surface area contributed by atoms with Crippen molar-refractivity contribution in [3.8, 4) is 0 Å². The van der Waals surface area contributed by atoms with E-state index >= 15 is 0 Å². The van der Waals surface area contributed by atoms with Gasteiger partial charge in [0, 0.05) is 25.9 Å². The van der Waals surface area contributed by atoms with E-state index in [9.17, 15) is 14.0 Å². The first-order valence-electron chi connectivity index (χ1n) is 9.37. The molecule has 6 nitrogen and oxygen atoms in total. The summed E-state index contributed by atoms with van der Waals surface area (Å²) in [6.45, 7) is 1.41. The van der Waals surface area contributed by atoms with Crippen molar-refractivity contribution in [2.45, 2.75) is 38.1 Å². The largest absolute Gasteiger partial charge is 0.443 e. The van der Waals surface area contributed by atoms with Crippen molar-refractivity contribution >= 4 is 11.8 Å². The number of benzene rings is 1. The third-order valence-electron chi connectivity index (χ3n) is 5.25. The molecule has 2 amide bonds. The number of nitrogens with zero attached hydrogens (tertiary/aromatic N) is 3. The number of halogens is 1. The fourth-order valence-electron chi connectivity index (χ4n) is 3.84. The number of carbonyl (C=O) groups is 2. The van der Waals surface area contributed by atoms with Gasteiger partial charge in [-0.25, -0.2) is 9.37 Å². The number of hydrogen-bond acceptors (Lipinski definition) is 4. The number of carbonyl (C=O) groups excluding carboxylic acids is 2. The third-order valence-corrected chi connectivity index (χ3v) is 5.25. The van der Waals surface area contributed by atoms with Crippen LogP contribution < -0.4 is 0 Å². The second-order valence-corrected chi connectivity index (χ2v) is 7.10. The van der Waals surface area contributed by atoms with E-state index in [0.717, 1.165) is 19.3 Å². The Morgan fingerprint density at radius 2 is 2.11 bits per heavy atom. The number of oxazole rings is 1. The van der Waals surface area contributed by atoms with E-state index in [0.29, 0.717) is 43.1 Å². The van der Waals surface area contributed by atoms with Gasteiger partial charge in [0.25, 0.3) is 0 Å². The van der Waals surface area contributed by atoms with Gasteiger partial charge < -0.3 is 14.2 Å². The van der Waals surface area contributed by atoms with E-state index in [-0.39, 0.29) is 30.2 Å². The molecule has 0 radical (unpaired) electrons. The number of aromatic nitrogens is 1. The van der Waals surface area contributed by atoms with Crippen LogP contribution in [0.3, 0.4) is 0 Å². The normalized spacial score (nSPS) is 19.9. The molecule has 0 N–H and O–H groups in total. The molecule has 1 aromatic carbocycles. The maximum atomic E-state index is 13.8. The molecule has 2 aromatic rings. The summed E-state index contributed by atoms with van der Waals surface area (Å²) < 4.78 is 19.7. The molecule has 0 saturated carbocycles. The summed E-state index contributed by atoms with van der Waals surface area (Å²) in [5.41, 5.74) is 0.548. The summed E-state index contributed by atoms with van der Waals surface area (Å²) in [7, 11) is 0. The number of hydrogen-bond donors (Lipinski definition) is 0. The topological polar surface area (TPSA) is 66.7 Å². The molecule has 0 spiro atoms. The fraction of sp³-hybridized carbons (Fsp3) is 0.450. The summed E-state index contributed by atoms with van der Waals surface area (Å²) >= 11 is 0. The van der Waals surface area contributed by atoms with Crippen molar-refractivity contribution < 1.29 is 18.4 Å². The Labute approximate surface area is 157 Å². The third kappa shape index (κ3) is 3.72. The Balaban J connectivity index is 1.44. The molecule has 27 heavy (non-hydrogen) atoms. The molecule has 0 aliphatic carbocycles. The zero-order valence-corrected chi connectivity index (χ0v) is 15.1. The Hall–Kier alpha value is -2.70. The molecule has 142 valence electrons. The molecule has 2 fully saturated rings. The highest BCUT2D eigenvalue weighted by atomic mass is 19.1. The van der Waals surface area contributed by atoms with Gasteiger partial charge >= 0.3 is 0 Å². The summed E-state index contributed by atoms with van der Waals surface area (Å²) in [5, 5.41) is 0. The average Bonchev–Trinajstić information content (AvgIpc) is 3.38. The molecule has 1 atom stereocenters. The van der Waals surface area contributed by atoms with Gasteiger partial charge in [0.2, 0.25) is 17.7 Å². The Morgan fingerprint density at radius 3 is 2.89 bits per heavy atom. The van der Waals surface area contributed by atoms with Crippen LogP contribution in [0.15, 0.2) is 34.9 Å². The van der Waals surface area contributed by atoms with Crippen LogP contribution in [0.4, 0.5) is 4.39 Å². The Morgan fingerprint density at radius 1 is 1.26 bits per heavy atom. The lowest BCUT2D eigenvalue weighted by Crippen LogP contribution is -2.40. The van der Waals surface area contributed by atoms with Crippen LogP contribution in [0.2, 0.25) is 0 Å². The lowest BCUT2D eigenvalue weighted by atomic mass is 10.1. The predicted octanol–water partition coefficient (Wildman–Crippen LogP) is 2.69. The molecule has 2 aliphatic rings. The van der Waals surface area contributed by atoms with Gasteiger partial charge in [-0.2, -0.15) is 0 Å². The number of rotatable bonds is 5. The van der Waals surface area contributed by atoms with Crippen LogP contribution >= 0.6 is 0 Å². The van der Waals surface area contributed by atoms with Gasteiger partial charge in [-0.05, 0) is 30.9 Å². The summed E-state index contributed by atoms with van der Waals surface area (Å²) in [6.07, 6.45) is 4.91. The van der Waals surface area contributed by atoms with Crippen molar-refractivity contribution in [1.82, 2.24) is 14.8 Å². The molecule has 0 unspecified atom stereocenters. The number of likely N-dealkylation sites (tertiary alicyclic amines) is 2. The minimum Gasteiger partial charge on any atom is -0.443 e. The summed E-state index contributed by atoms with van der Waals surface area (Å²) in [6, 6.07) is 6.36. The molecule has 7 heteroatoms. The zero-order valence-electron chi connectivity index (χ0n) is 15.1. The van der Waals surface area contributed by atoms with Gasteiger partial charge in [-0.15, -0.1) is 0 Å². The lowest BCUT2D eigenvalue weighted by molar-refractivity contribution is -0.139. The van der Waals surface area contributed by atoms with Gasteiger partial charge in [0.05, 0.1) is 12.7 Å². The second kappa shape index (κ2) is 7.50. The van der Waals surface area contributed by atoms with Crippen LogP contribution in [0.25, 0.3) is 0 Å². The van der Waals surface area contributed by atoms with Gasteiger partial charge in [-0.1, -0.05) is 18.2 Å². The monoisotopic (exact) mass is 371 g/mol. The summed E-state index contributed by atoms with van der Waals surface area (Å²) in [5.74, 6) is 0.761. The van der Waals surface area contributed by atoms with Crippen LogP contribution in [-0.2, 0) is 16.0 Å². The predicted molar refractivity (Wildman–Crippen MR) is 95.2 cm³/mol. The molecule has 0 bridgehead atoms. The molecular formula is C20H22FN3O3. The van der Waals surface area contributed by atoms with Gasteiger partial charge in [-0.3, -0.25) is 9.59 Å². The van der Waals surface area contributed by atoms with Crippen LogP contribution in [-0.4, -0.2) is 46.2 Å². The minimum absolute atomic E-state index is 0.0439. The molecule has 3 heterocycles. The first-order chi connectivity index (χ1) is 13.1. The quantitative estimate of drug-likeness (QED) is 0.811. The lowest BCUT2D eigenvalue weighted by Gasteiger charge is -2.25. The molecule has 2 aliphatic heterocycles. The van der Waals surface area contributed by atoms with Gasteiger partial charge in [0.1, 0.15) is 17.6 Å². The van der Waals surface area contributed by atoms with Crippen molar-refractivity contribution in [2.24, 2.45) is 0 Å². The van der Waals surface area contributed by atoms with Crippen molar-refractivity contribution in [3.05, 3.63) is 53.5 Å². The van der Waals surface area contributed by atoms with Crippen LogP contribution in [0.5, 0.6) is 0 Å². The number of amides is 2. The highest BCUT2D eigenvalue weighted by Crippen LogP contribution is 2.32. The molecule has 4 rings (SSSR count). The van der Waals surface area contributed by atoms with E-state index in [1.165, 1.54) is 6.07 Å². The van der Waals surface area contributed by atoms with Gasteiger partial charge in [0.15, 0.2) is 0 Å². The van der Waals surface area contributed by atoms with Crippen molar-refractivity contribution in [3.63, 3.8) is 0 Å². The maximum Gasteiger partial charge on any atom is 0.242 e. The van der Waals surface area contributed by atoms with Crippen LogP contribution in [0.1, 0.15) is 48.9 Å². The van der Waals surface area contributed by atoms with E-state index in [4.69, 9.17) is 4.42 Å². The first kappa shape index (κ1) is 17.7.